The van der Waals surface area contributed by atoms with Gasteiger partial charge in [0.25, 0.3) is 5.91 Å². The van der Waals surface area contributed by atoms with Crippen molar-refractivity contribution in [2.75, 3.05) is 13.7 Å². The molecule has 1 fully saturated rings. The first kappa shape index (κ1) is 20.5. The van der Waals surface area contributed by atoms with Crippen LogP contribution in [0, 0.1) is 0 Å². The molecule has 2 N–H and O–H groups in total. The summed E-state index contributed by atoms with van der Waals surface area (Å²) in [7, 11) is 1.64. The number of carbonyl (C=O) groups is 3. The van der Waals surface area contributed by atoms with Gasteiger partial charge < -0.3 is 24.4 Å². The third kappa shape index (κ3) is 4.40. The Morgan fingerprint density at radius 2 is 2.10 bits per heavy atom. The highest BCUT2D eigenvalue weighted by Crippen LogP contribution is 2.26. The minimum atomic E-state index is -0.700. The monoisotopic (exact) mass is 424 g/mol. The summed E-state index contributed by atoms with van der Waals surface area (Å²) in [6, 6.07) is 10.1. The lowest BCUT2D eigenvalue weighted by molar-refractivity contribution is -0.128. The standard InChI is InChI=1S/C22H24N4O5/c1-30-19-6-2-5-18-16(19)9-11-25(18)12-10-23-20(27)8-7-17-21(28)26(22(29)24-17)14-15-4-3-13-31-15/h2-6,9,11,13,17H,7-8,10,12,14H2,1H3,(H,23,27)(H,24,29)/t17-/m1/s1. The first-order chi connectivity index (χ1) is 15.1. The predicted octanol–water partition coefficient (Wildman–Crippen LogP) is 2.26. The number of imide groups is 1. The van der Waals surface area contributed by atoms with Crippen LogP contribution in [-0.4, -0.2) is 47.0 Å². The molecular weight excluding hydrogens is 400 g/mol. The highest BCUT2D eigenvalue weighted by molar-refractivity contribution is 6.04. The highest BCUT2D eigenvalue weighted by Gasteiger charge is 2.38. The van der Waals surface area contributed by atoms with E-state index in [2.05, 4.69) is 10.6 Å². The van der Waals surface area contributed by atoms with Crippen molar-refractivity contribution in [2.24, 2.45) is 0 Å². The maximum Gasteiger partial charge on any atom is 0.325 e. The molecule has 0 unspecified atom stereocenters. The van der Waals surface area contributed by atoms with E-state index in [0.29, 0.717) is 18.8 Å². The average molecular weight is 424 g/mol. The molecule has 1 aliphatic rings. The van der Waals surface area contributed by atoms with Gasteiger partial charge in [-0.1, -0.05) is 6.07 Å². The molecule has 3 heterocycles. The first-order valence-electron chi connectivity index (χ1n) is 10.1. The van der Waals surface area contributed by atoms with Crippen LogP contribution in [0.3, 0.4) is 0 Å². The van der Waals surface area contributed by atoms with Crippen molar-refractivity contribution in [1.29, 1.82) is 0 Å². The van der Waals surface area contributed by atoms with Gasteiger partial charge in [0.05, 0.1) is 25.4 Å². The van der Waals surface area contributed by atoms with E-state index in [1.54, 1.807) is 19.2 Å². The van der Waals surface area contributed by atoms with Gasteiger partial charge in [-0.2, -0.15) is 0 Å². The Morgan fingerprint density at radius 1 is 1.23 bits per heavy atom. The number of hydrogen-bond donors (Lipinski definition) is 2. The molecule has 0 radical (unpaired) electrons. The van der Waals surface area contributed by atoms with Crippen molar-refractivity contribution in [1.82, 2.24) is 20.1 Å². The van der Waals surface area contributed by atoms with E-state index in [1.807, 2.05) is 35.0 Å². The Balaban J connectivity index is 1.24. The van der Waals surface area contributed by atoms with Crippen molar-refractivity contribution >= 4 is 28.7 Å². The number of hydrogen-bond acceptors (Lipinski definition) is 5. The molecule has 3 aromatic rings. The number of urea groups is 1. The van der Waals surface area contributed by atoms with Crippen molar-refractivity contribution in [3.05, 3.63) is 54.6 Å². The van der Waals surface area contributed by atoms with Gasteiger partial charge in [-0.05, 0) is 36.8 Å². The van der Waals surface area contributed by atoms with Gasteiger partial charge in [0, 0.05) is 31.1 Å². The number of carbonyl (C=O) groups excluding carboxylic acids is 3. The molecule has 2 aromatic heterocycles. The van der Waals surface area contributed by atoms with Gasteiger partial charge in [-0.3, -0.25) is 14.5 Å². The topological polar surface area (TPSA) is 106 Å². The number of benzene rings is 1. The lowest BCUT2D eigenvalue weighted by Crippen LogP contribution is -2.33. The van der Waals surface area contributed by atoms with E-state index >= 15 is 0 Å². The third-order valence-electron chi connectivity index (χ3n) is 5.33. The molecule has 1 atom stereocenters. The second kappa shape index (κ2) is 8.95. The molecular formula is C22H24N4O5. The molecule has 0 spiro atoms. The summed E-state index contributed by atoms with van der Waals surface area (Å²) in [5.41, 5.74) is 1.03. The smallest absolute Gasteiger partial charge is 0.325 e. The van der Waals surface area contributed by atoms with E-state index < -0.39 is 12.1 Å². The second-order valence-corrected chi connectivity index (χ2v) is 7.30. The number of rotatable bonds is 9. The summed E-state index contributed by atoms with van der Waals surface area (Å²) >= 11 is 0. The Morgan fingerprint density at radius 3 is 2.87 bits per heavy atom. The molecule has 162 valence electrons. The highest BCUT2D eigenvalue weighted by atomic mass is 16.5. The maximum atomic E-state index is 12.5. The molecule has 9 heteroatoms. The summed E-state index contributed by atoms with van der Waals surface area (Å²) < 4.78 is 12.6. The van der Waals surface area contributed by atoms with Crippen molar-refractivity contribution in [2.45, 2.75) is 32.0 Å². The zero-order chi connectivity index (χ0) is 21.8. The van der Waals surface area contributed by atoms with Gasteiger partial charge in [-0.25, -0.2) is 4.79 Å². The Hall–Kier alpha value is -3.75. The fraction of sp³-hybridized carbons (Fsp3) is 0.318. The van der Waals surface area contributed by atoms with Crippen LogP contribution in [0.5, 0.6) is 5.75 Å². The van der Waals surface area contributed by atoms with E-state index in [9.17, 15) is 14.4 Å². The molecule has 0 aliphatic carbocycles. The third-order valence-corrected chi connectivity index (χ3v) is 5.33. The zero-order valence-corrected chi connectivity index (χ0v) is 17.2. The van der Waals surface area contributed by atoms with Crippen LogP contribution in [0.1, 0.15) is 18.6 Å². The minimum Gasteiger partial charge on any atom is -0.496 e. The number of fused-ring (bicyclic) bond motifs is 1. The predicted molar refractivity (Wildman–Crippen MR) is 112 cm³/mol. The lowest BCUT2D eigenvalue weighted by atomic mass is 10.1. The largest absolute Gasteiger partial charge is 0.496 e. The van der Waals surface area contributed by atoms with Crippen molar-refractivity contribution in [3.8, 4) is 5.75 Å². The van der Waals surface area contributed by atoms with Gasteiger partial charge in [0.15, 0.2) is 0 Å². The maximum absolute atomic E-state index is 12.5. The normalized spacial score (nSPS) is 16.0. The van der Waals surface area contributed by atoms with E-state index in [1.165, 1.54) is 6.26 Å². The summed E-state index contributed by atoms with van der Waals surface area (Å²) in [6.07, 6.45) is 3.84. The Bertz CT molecular complexity index is 1090. The van der Waals surface area contributed by atoms with Crippen molar-refractivity contribution in [3.63, 3.8) is 0 Å². The molecule has 1 aromatic carbocycles. The molecule has 4 amide bonds. The van der Waals surface area contributed by atoms with E-state index in [4.69, 9.17) is 9.15 Å². The number of ether oxygens (including phenoxy) is 1. The van der Waals surface area contributed by atoms with Gasteiger partial charge in [-0.15, -0.1) is 0 Å². The molecule has 4 rings (SSSR count). The van der Waals surface area contributed by atoms with E-state index in [0.717, 1.165) is 21.6 Å². The molecule has 0 saturated carbocycles. The van der Waals surface area contributed by atoms with Crippen LogP contribution in [0.4, 0.5) is 4.79 Å². The van der Waals surface area contributed by atoms with Crippen LogP contribution < -0.4 is 15.4 Å². The number of furan rings is 1. The molecule has 1 saturated heterocycles. The van der Waals surface area contributed by atoms with E-state index in [-0.39, 0.29) is 31.2 Å². The number of aromatic nitrogens is 1. The average Bonchev–Trinajstić information content (AvgIpc) is 3.49. The van der Waals surface area contributed by atoms with Crippen LogP contribution in [0.15, 0.2) is 53.3 Å². The quantitative estimate of drug-likeness (QED) is 0.513. The Kier molecular flexibility index (Phi) is 5.92. The summed E-state index contributed by atoms with van der Waals surface area (Å²) in [5, 5.41) is 6.52. The van der Waals surface area contributed by atoms with Gasteiger partial charge >= 0.3 is 6.03 Å². The molecule has 31 heavy (non-hydrogen) atoms. The Labute approximate surface area is 178 Å². The fourth-order valence-corrected chi connectivity index (χ4v) is 3.73. The van der Waals surface area contributed by atoms with Crippen LogP contribution >= 0.6 is 0 Å². The van der Waals surface area contributed by atoms with Crippen molar-refractivity contribution < 1.29 is 23.5 Å². The zero-order valence-electron chi connectivity index (χ0n) is 17.2. The second-order valence-electron chi connectivity index (χ2n) is 7.30. The van der Waals surface area contributed by atoms with Crippen LogP contribution in [0.2, 0.25) is 0 Å². The number of nitrogens with zero attached hydrogens (tertiary/aromatic N) is 2. The summed E-state index contributed by atoms with van der Waals surface area (Å²) in [6.45, 7) is 1.14. The fourth-order valence-electron chi connectivity index (χ4n) is 3.73. The minimum absolute atomic E-state index is 0.0793. The van der Waals surface area contributed by atoms with Gasteiger partial charge in [0.2, 0.25) is 5.91 Å². The number of methoxy groups -OCH3 is 1. The van der Waals surface area contributed by atoms with Crippen LogP contribution in [0.25, 0.3) is 10.9 Å². The number of nitrogens with one attached hydrogen (secondary N) is 2. The SMILES string of the molecule is COc1cccc2c1ccn2CCNC(=O)CC[C@H]1NC(=O)N(Cc2ccco2)C1=O. The summed E-state index contributed by atoms with van der Waals surface area (Å²) in [4.78, 5) is 37.8. The molecule has 1 aliphatic heterocycles. The first-order valence-corrected chi connectivity index (χ1v) is 10.1. The number of amides is 4. The lowest BCUT2D eigenvalue weighted by Gasteiger charge is -2.11. The summed E-state index contributed by atoms with van der Waals surface area (Å²) in [5.74, 6) is 0.823. The van der Waals surface area contributed by atoms with Gasteiger partial charge in [0.1, 0.15) is 17.6 Å². The molecule has 0 bridgehead atoms. The molecule has 9 nitrogen and oxygen atoms in total. The van der Waals surface area contributed by atoms with Crippen LogP contribution in [-0.2, 0) is 22.7 Å².